The molecule has 2 amide bonds. The average molecular weight is 350 g/mol. The molecule has 3 rings (SSSR count). The Balaban J connectivity index is 1.55. The van der Waals surface area contributed by atoms with Crippen LogP contribution in [0.4, 0.5) is 10.5 Å². The van der Waals surface area contributed by atoms with Gasteiger partial charge in [0.15, 0.2) is 0 Å². The Morgan fingerprint density at radius 1 is 1.15 bits per heavy atom. The second-order valence-electron chi connectivity index (χ2n) is 6.02. The van der Waals surface area contributed by atoms with Gasteiger partial charge in [-0.3, -0.25) is 4.68 Å². The zero-order valence-corrected chi connectivity index (χ0v) is 14.9. The monoisotopic (exact) mass is 350 g/mol. The first kappa shape index (κ1) is 17.5. The molecule has 0 fully saturated rings. The number of amides is 2. The van der Waals surface area contributed by atoms with E-state index >= 15 is 0 Å². The Morgan fingerprint density at radius 2 is 2.00 bits per heavy atom. The van der Waals surface area contributed by atoms with Crippen molar-refractivity contribution in [1.29, 1.82) is 0 Å². The van der Waals surface area contributed by atoms with Crippen molar-refractivity contribution in [3.8, 4) is 5.75 Å². The molecule has 2 N–H and O–H groups in total. The largest absolute Gasteiger partial charge is 0.496 e. The number of hydrogen-bond acceptors (Lipinski definition) is 3. The fourth-order valence-corrected chi connectivity index (χ4v) is 2.73. The van der Waals surface area contributed by atoms with Gasteiger partial charge in [-0.25, -0.2) is 4.79 Å². The molecule has 0 spiro atoms. The van der Waals surface area contributed by atoms with Gasteiger partial charge in [-0.1, -0.05) is 24.3 Å². The first-order chi connectivity index (χ1) is 12.6. The number of methoxy groups -OCH3 is 1. The maximum atomic E-state index is 12.1. The number of aryl methyl sites for hydroxylation is 1. The minimum atomic E-state index is -0.243. The minimum Gasteiger partial charge on any atom is -0.496 e. The summed E-state index contributed by atoms with van der Waals surface area (Å²) < 4.78 is 7.09. The summed E-state index contributed by atoms with van der Waals surface area (Å²) in [6, 6.07) is 15.3. The van der Waals surface area contributed by atoms with Gasteiger partial charge >= 0.3 is 6.03 Å². The number of carbonyl (C=O) groups excluding carboxylic acids is 1. The predicted molar refractivity (Wildman–Crippen MR) is 101 cm³/mol. The van der Waals surface area contributed by atoms with Crippen LogP contribution < -0.4 is 15.4 Å². The molecule has 134 valence electrons. The van der Waals surface area contributed by atoms with E-state index in [1.807, 2.05) is 60.3 Å². The van der Waals surface area contributed by atoms with Crippen LogP contribution in [-0.2, 0) is 13.1 Å². The Kier molecular flexibility index (Phi) is 5.53. The Morgan fingerprint density at radius 3 is 2.73 bits per heavy atom. The molecule has 0 atom stereocenters. The number of rotatable bonds is 6. The van der Waals surface area contributed by atoms with Gasteiger partial charge in [0.25, 0.3) is 0 Å². The first-order valence-corrected chi connectivity index (χ1v) is 8.39. The van der Waals surface area contributed by atoms with Crippen LogP contribution in [-0.4, -0.2) is 22.9 Å². The lowest BCUT2D eigenvalue weighted by Crippen LogP contribution is -2.28. The summed E-state index contributed by atoms with van der Waals surface area (Å²) in [4.78, 5) is 12.1. The molecule has 3 aromatic rings. The van der Waals surface area contributed by atoms with Crippen molar-refractivity contribution in [3.05, 3.63) is 77.6 Å². The number of carbonyl (C=O) groups is 1. The van der Waals surface area contributed by atoms with Gasteiger partial charge in [-0.2, -0.15) is 5.10 Å². The van der Waals surface area contributed by atoms with Gasteiger partial charge in [0.2, 0.25) is 0 Å². The third kappa shape index (κ3) is 4.63. The number of benzene rings is 2. The van der Waals surface area contributed by atoms with E-state index in [0.29, 0.717) is 13.1 Å². The summed E-state index contributed by atoms with van der Waals surface area (Å²) in [5, 5.41) is 9.92. The second-order valence-corrected chi connectivity index (χ2v) is 6.02. The SMILES string of the molecule is COc1ccc(NC(=O)NCc2cccc(Cn3cccn3)c2)cc1C. The molecular formula is C20H22N4O2. The van der Waals surface area contributed by atoms with Crippen molar-refractivity contribution in [2.45, 2.75) is 20.0 Å². The molecule has 0 aliphatic rings. The summed E-state index contributed by atoms with van der Waals surface area (Å²) in [5.41, 5.74) is 3.87. The highest BCUT2D eigenvalue weighted by Crippen LogP contribution is 2.21. The van der Waals surface area contributed by atoms with E-state index in [-0.39, 0.29) is 6.03 Å². The molecule has 0 aliphatic carbocycles. The zero-order valence-electron chi connectivity index (χ0n) is 14.9. The van der Waals surface area contributed by atoms with Crippen molar-refractivity contribution in [3.63, 3.8) is 0 Å². The molecule has 0 aliphatic heterocycles. The highest BCUT2D eigenvalue weighted by atomic mass is 16.5. The van der Waals surface area contributed by atoms with E-state index in [9.17, 15) is 4.79 Å². The maximum Gasteiger partial charge on any atom is 0.319 e. The standard InChI is InChI=1S/C20H22N4O2/c1-15-11-18(7-8-19(15)26-2)23-20(25)21-13-16-5-3-6-17(12-16)14-24-10-4-9-22-24/h3-12H,13-14H2,1-2H3,(H2,21,23,25). The summed E-state index contributed by atoms with van der Waals surface area (Å²) in [6.07, 6.45) is 3.69. The second kappa shape index (κ2) is 8.20. The highest BCUT2D eigenvalue weighted by Gasteiger charge is 2.05. The molecule has 6 nitrogen and oxygen atoms in total. The number of urea groups is 1. The molecule has 0 unspecified atom stereocenters. The summed E-state index contributed by atoms with van der Waals surface area (Å²) in [6.45, 7) is 3.10. The Hall–Kier alpha value is -3.28. The van der Waals surface area contributed by atoms with Gasteiger partial charge < -0.3 is 15.4 Å². The van der Waals surface area contributed by atoms with Gasteiger partial charge in [0.1, 0.15) is 5.75 Å². The molecular weight excluding hydrogens is 328 g/mol. The molecule has 26 heavy (non-hydrogen) atoms. The number of nitrogens with one attached hydrogen (secondary N) is 2. The Labute approximate surface area is 152 Å². The third-order valence-corrected chi connectivity index (χ3v) is 4.00. The zero-order chi connectivity index (χ0) is 18.4. The lowest BCUT2D eigenvalue weighted by Gasteiger charge is -2.11. The first-order valence-electron chi connectivity index (χ1n) is 8.39. The minimum absolute atomic E-state index is 0.243. The van der Waals surface area contributed by atoms with Crippen LogP contribution in [0.25, 0.3) is 0 Å². The van der Waals surface area contributed by atoms with E-state index in [1.54, 1.807) is 13.3 Å². The van der Waals surface area contributed by atoms with Crippen molar-refractivity contribution < 1.29 is 9.53 Å². The van der Waals surface area contributed by atoms with Crippen LogP contribution in [0.2, 0.25) is 0 Å². The quantitative estimate of drug-likeness (QED) is 0.714. The topological polar surface area (TPSA) is 68.2 Å². The predicted octanol–water partition coefficient (Wildman–Crippen LogP) is 3.57. The van der Waals surface area contributed by atoms with Crippen molar-refractivity contribution in [2.75, 3.05) is 12.4 Å². The van der Waals surface area contributed by atoms with E-state index in [1.165, 1.54) is 0 Å². The number of aromatic nitrogens is 2. The fraction of sp³-hybridized carbons (Fsp3) is 0.200. The van der Waals surface area contributed by atoms with Crippen LogP contribution in [0.1, 0.15) is 16.7 Å². The summed E-state index contributed by atoms with van der Waals surface area (Å²) in [5.74, 6) is 0.796. The molecule has 0 radical (unpaired) electrons. The Bertz CT molecular complexity index is 875. The third-order valence-electron chi connectivity index (χ3n) is 4.00. The smallest absolute Gasteiger partial charge is 0.319 e. The molecule has 6 heteroatoms. The fourth-order valence-electron chi connectivity index (χ4n) is 2.73. The normalized spacial score (nSPS) is 10.4. The molecule has 0 saturated carbocycles. The van der Waals surface area contributed by atoms with Gasteiger partial charge in [0, 0.05) is 24.6 Å². The number of nitrogens with zero attached hydrogens (tertiary/aromatic N) is 2. The molecule has 0 bridgehead atoms. The molecule has 2 aromatic carbocycles. The molecule has 0 saturated heterocycles. The summed E-state index contributed by atoms with van der Waals surface area (Å²) in [7, 11) is 1.63. The van der Waals surface area contributed by atoms with Crippen molar-refractivity contribution in [2.24, 2.45) is 0 Å². The van der Waals surface area contributed by atoms with E-state index in [0.717, 1.165) is 28.1 Å². The highest BCUT2D eigenvalue weighted by molar-refractivity contribution is 5.89. The van der Waals surface area contributed by atoms with Gasteiger partial charge in [0.05, 0.1) is 13.7 Å². The van der Waals surface area contributed by atoms with E-state index < -0.39 is 0 Å². The van der Waals surface area contributed by atoms with Crippen molar-refractivity contribution in [1.82, 2.24) is 15.1 Å². The van der Waals surface area contributed by atoms with Crippen molar-refractivity contribution >= 4 is 11.7 Å². The number of ether oxygens (including phenoxy) is 1. The van der Waals surface area contributed by atoms with Gasteiger partial charge in [-0.15, -0.1) is 0 Å². The lowest BCUT2D eigenvalue weighted by molar-refractivity contribution is 0.251. The summed E-state index contributed by atoms with van der Waals surface area (Å²) >= 11 is 0. The molecule has 1 aromatic heterocycles. The van der Waals surface area contributed by atoms with E-state index in [2.05, 4.69) is 21.8 Å². The van der Waals surface area contributed by atoms with Crippen LogP contribution in [0.5, 0.6) is 5.75 Å². The lowest BCUT2D eigenvalue weighted by atomic mass is 10.1. The van der Waals surface area contributed by atoms with Crippen LogP contribution in [0, 0.1) is 6.92 Å². The van der Waals surface area contributed by atoms with Crippen LogP contribution >= 0.6 is 0 Å². The van der Waals surface area contributed by atoms with E-state index in [4.69, 9.17) is 4.74 Å². The maximum absolute atomic E-state index is 12.1. The van der Waals surface area contributed by atoms with Gasteiger partial charge in [-0.05, 0) is 47.9 Å². The molecule has 1 heterocycles. The average Bonchev–Trinajstić information content (AvgIpc) is 3.13. The number of anilines is 1. The van der Waals surface area contributed by atoms with Crippen LogP contribution in [0.3, 0.4) is 0 Å². The number of hydrogen-bond donors (Lipinski definition) is 2. The van der Waals surface area contributed by atoms with Crippen LogP contribution in [0.15, 0.2) is 60.9 Å².